The molecule has 2 heterocycles. The first-order valence-corrected chi connectivity index (χ1v) is 9.56. The number of nitrogens with zero attached hydrogens (tertiary/aromatic N) is 3. The lowest BCUT2D eigenvalue weighted by Crippen LogP contribution is -2.49. The lowest BCUT2D eigenvalue weighted by Gasteiger charge is -2.38. The molecule has 0 saturated heterocycles. The third-order valence-corrected chi connectivity index (χ3v) is 5.80. The number of aryl methyl sites for hydroxylation is 1. The maximum atomic E-state index is 13.5. The van der Waals surface area contributed by atoms with E-state index in [0.29, 0.717) is 24.8 Å². The Morgan fingerprint density at radius 2 is 1.90 bits per heavy atom. The lowest BCUT2D eigenvalue weighted by molar-refractivity contribution is -0.137. The van der Waals surface area contributed by atoms with E-state index in [1.807, 2.05) is 0 Å². The molecule has 10 heteroatoms. The number of aromatic nitrogens is 2. The van der Waals surface area contributed by atoms with E-state index < -0.39 is 42.0 Å². The lowest BCUT2D eigenvalue weighted by atomic mass is 9.88. The molecule has 0 amide bonds. The van der Waals surface area contributed by atoms with Gasteiger partial charge in [-0.15, -0.1) is 10.2 Å². The van der Waals surface area contributed by atoms with Crippen LogP contribution in [-0.4, -0.2) is 45.0 Å². The topological polar surface area (TPSA) is 69.5 Å². The summed E-state index contributed by atoms with van der Waals surface area (Å²) in [5, 5.41) is 28.6. The molecule has 1 aliphatic carbocycles. The molecule has 0 unspecified atom stereocenters. The van der Waals surface area contributed by atoms with Crippen LogP contribution in [0.25, 0.3) is 11.3 Å². The van der Waals surface area contributed by atoms with E-state index in [4.69, 9.17) is 0 Å². The largest absolute Gasteiger partial charge is 0.507 e. The molecule has 162 valence electrons. The summed E-state index contributed by atoms with van der Waals surface area (Å²) >= 11 is 0. The first-order valence-electron chi connectivity index (χ1n) is 9.56. The van der Waals surface area contributed by atoms with Crippen molar-refractivity contribution in [2.45, 2.75) is 56.9 Å². The predicted molar refractivity (Wildman–Crippen MR) is 98.5 cm³/mol. The molecule has 0 radical (unpaired) electrons. The van der Waals surface area contributed by atoms with E-state index in [1.54, 1.807) is 11.0 Å². The first kappa shape index (κ1) is 20.8. The molecule has 2 N–H and O–H groups in total. The van der Waals surface area contributed by atoms with Crippen molar-refractivity contribution in [1.29, 1.82) is 0 Å². The number of hydrogen-bond acceptors (Lipinski definition) is 5. The van der Waals surface area contributed by atoms with Crippen molar-refractivity contribution in [2.75, 3.05) is 11.4 Å². The SMILES string of the molecule is Cc1cc(C(F)(F)F)cc(O)c1-c1cc2c(nn1)N([C@H]1CCC(F)(F)C[C@@H]1O)CC2. The van der Waals surface area contributed by atoms with Crippen LogP contribution in [0.4, 0.5) is 27.8 Å². The zero-order chi connectivity index (χ0) is 21.8. The van der Waals surface area contributed by atoms with Crippen molar-refractivity contribution in [1.82, 2.24) is 10.2 Å². The Hall–Kier alpha value is -2.49. The molecule has 1 aromatic carbocycles. The maximum Gasteiger partial charge on any atom is 0.416 e. The average molecular weight is 429 g/mol. The quantitative estimate of drug-likeness (QED) is 0.704. The van der Waals surface area contributed by atoms with E-state index in [1.165, 1.54) is 6.92 Å². The Kier molecular flexibility index (Phi) is 4.87. The molecule has 1 fully saturated rings. The van der Waals surface area contributed by atoms with Crippen LogP contribution < -0.4 is 4.90 Å². The molecule has 4 rings (SSSR count). The number of alkyl halides is 5. The molecule has 5 nitrogen and oxygen atoms in total. The van der Waals surface area contributed by atoms with E-state index in [2.05, 4.69) is 10.2 Å². The minimum absolute atomic E-state index is 0.121. The number of aromatic hydroxyl groups is 1. The zero-order valence-electron chi connectivity index (χ0n) is 16.0. The maximum absolute atomic E-state index is 13.5. The molecule has 1 saturated carbocycles. The molecule has 30 heavy (non-hydrogen) atoms. The van der Waals surface area contributed by atoms with Gasteiger partial charge in [0.05, 0.1) is 23.4 Å². The second kappa shape index (κ2) is 7.04. The number of phenols is 1. The molecule has 2 aliphatic rings. The highest BCUT2D eigenvalue weighted by atomic mass is 19.4. The standard InChI is InChI=1S/C20H20F5N3O2/c1-10-6-12(20(23,24)25)8-15(29)17(10)13-7-11-3-5-28(18(11)27-26-13)14-2-4-19(21,22)9-16(14)30/h6-8,14,16,29-30H,2-5,9H2,1H3/t14-,16-/m0/s1. The Labute approximate surface area is 169 Å². The van der Waals surface area contributed by atoms with Crippen LogP contribution in [0, 0.1) is 6.92 Å². The van der Waals surface area contributed by atoms with Gasteiger partial charge in [-0.3, -0.25) is 0 Å². The zero-order valence-corrected chi connectivity index (χ0v) is 16.0. The molecule has 1 aromatic heterocycles. The normalized spacial score (nSPS) is 23.5. The smallest absolute Gasteiger partial charge is 0.416 e. The van der Waals surface area contributed by atoms with Crippen LogP contribution in [0.15, 0.2) is 18.2 Å². The molecule has 2 atom stereocenters. The summed E-state index contributed by atoms with van der Waals surface area (Å²) in [6.45, 7) is 1.92. The van der Waals surface area contributed by atoms with Gasteiger partial charge in [-0.05, 0) is 43.5 Å². The number of halogens is 5. The van der Waals surface area contributed by atoms with Gasteiger partial charge in [0.15, 0.2) is 5.82 Å². The van der Waals surface area contributed by atoms with Crippen LogP contribution in [0.2, 0.25) is 0 Å². The van der Waals surface area contributed by atoms with Gasteiger partial charge in [-0.1, -0.05) is 0 Å². The molecule has 1 aliphatic heterocycles. The van der Waals surface area contributed by atoms with E-state index in [9.17, 15) is 32.2 Å². The van der Waals surface area contributed by atoms with Crippen molar-refractivity contribution in [3.05, 3.63) is 34.9 Å². The predicted octanol–water partition coefficient (Wildman–Crippen LogP) is 4.09. The van der Waals surface area contributed by atoms with Gasteiger partial charge in [-0.2, -0.15) is 13.2 Å². The summed E-state index contributed by atoms with van der Waals surface area (Å²) in [5.41, 5.74) is 0.383. The minimum atomic E-state index is -4.58. The molecular weight excluding hydrogens is 409 g/mol. The van der Waals surface area contributed by atoms with Crippen molar-refractivity contribution in [3.63, 3.8) is 0 Å². The van der Waals surface area contributed by atoms with Crippen molar-refractivity contribution < 1.29 is 32.2 Å². The number of anilines is 1. The van der Waals surface area contributed by atoms with Gasteiger partial charge >= 0.3 is 6.18 Å². The average Bonchev–Trinajstić information content (AvgIpc) is 3.03. The van der Waals surface area contributed by atoms with Gasteiger partial charge in [0, 0.05) is 30.5 Å². The van der Waals surface area contributed by atoms with Crippen molar-refractivity contribution in [3.8, 4) is 17.0 Å². The summed E-state index contributed by atoms with van der Waals surface area (Å²) in [6.07, 6.45) is -6.04. The monoisotopic (exact) mass is 429 g/mol. The number of aliphatic hydroxyl groups excluding tert-OH is 1. The summed E-state index contributed by atoms with van der Waals surface area (Å²) in [4.78, 5) is 1.77. The number of hydrogen-bond donors (Lipinski definition) is 2. The Morgan fingerprint density at radius 1 is 1.17 bits per heavy atom. The minimum Gasteiger partial charge on any atom is -0.507 e. The molecular formula is C20H20F5N3O2. The summed E-state index contributed by atoms with van der Waals surface area (Å²) < 4.78 is 65.9. The Morgan fingerprint density at radius 3 is 2.53 bits per heavy atom. The molecule has 2 aromatic rings. The fourth-order valence-corrected chi connectivity index (χ4v) is 4.37. The van der Waals surface area contributed by atoms with Crippen LogP contribution >= 0.6 is 0 Å². The number of aliphatic hydroxyl groups is 1. The van der Waals surface area contributed by atoms with E-state index in [-0.39, 0.29) is 29.7 Å². The van der Waals surface area contributed by atoms with E-state index in [0.717, 1.165) is 11.6 Å². The van der Waals surface area contributed by atoms with Crippen LogP contribution in [0.5, 0.6) is 5.75 Å². The number of phenolic OH excluding ortho intramolecular Hbond substituents is 1. The van der Waals surface area contributed by atoms with Gasteiger partial charge < -0.3 is 15.1 Å². The van der Waals surface area contributed by atoms with Crippen molar-refractivity contribution in [2.24, 2.45) is 0 Å². The molecule has 0 bridgehead atoms. The second-order valence-corrected chi connectivity index (χ2v) is 7.94. The Bertz CT molecular complexity index is 956. The fourth-order valence-electron chi connectivity index (χ4n) is 4.37. The van der Waals surface area contributed by atoms with E-state index >= 15 is 0 Å². The van der Waals surface area contributed by atoms with Crippen LogP contribution in [-0.2, 0) is 12.6 Å². The number of fused-ring (bicyclic) bond motifs is 1. The highest BCUT2D eigenvalue weighted by Gasteiger charge is 2.44. The number of benzene rings is 1. The highest BCUT2D eigenvalue weighted by molar-refractivity contribution is 5.73. The van der Waals surface area contributed by atoms with Crippen LogP contribution in [0.3, 0.4) is 0 Å². The molecule has 0 spiro atoms. The van der Waals surface area contributed by atoms with Gasteiger partial charge in [0.25, 0.3) is 5.92 Å². The third-order valence-electron chi connectivity index (χ3n) is 5.80. The Balaban J connectivity index is 1.64. The summed E-state index contributed by atoms with van der Waals surface area (Å²) in [6, 6.07) is 2.74. The van der Waals surface area contributed by atoms with Gasteiger partial charge in [0.2, 0.25) is 0 Å². The summed E-state index contributed by atoms with van der Waals surface area (Å²) in [7, 11) is 0. The summed E-state index contributed by atoms with van der Waals surface area (Å²) in [5.74, 6) is -2.96. The first-order chi connectivity index (χ1) is 14.0. The van der Waals surface area contributed by atoms with Crippen molar-refractivity contribution >= 4 is 5.82 Å². The van der Waals surface area contributed by atoms with Gasteiger partial charge in [-0.25, -0.2) is 8.78 Å². The van der Waals surface area contributed by atoms with Gasteiger partial charge in [0.1, 0.15) is 5.75 Å². The second-order valence-electron chi connectivity index (χ2n) is 7.94. The third kappa shape index (κ3) is 3.68. The number of rotatable bonds is 2. The van der Waals surface area contributed by atoms with Crippen LogP contribution in [0.1, 0.15) is 36.0 Å². The fraction of sp³-hybridized carbons (Fsp3) is 0.500. The highest BCUT2D eigenvalue weighted by Crippen LogP contribution is 2.41.